The van der Waals surface area contributed by atoms with Gasteiger partial charge in [-0.05, 0) is 70.6 Å². The molecular formula is C30H44ClF2N5O5S2. The molecule has 2 aliphatic carbocycles. The second-order valence-electron chi connectivity index (χ2n) is 13.8. The molecule has 3 saturated heterocycles. The lowest BCUT2D eigenvalue weighted by Gasteiger charge is -2.47. The van der Waals surface area contributed by atoms with E-state index in [2.05, 4.69) is 17.0 Å². The van der Waals surface area contributed by atoms with E-state index >= 15 is 0 Å². The SMILES string of the molecule is Cc1nc2c(c(=O)n1CCOC1CCC(Cl)CC1C1CC(C)NC3C(C(=O)NS(C)(=O)=O)CSC13)CC(N1CC(F)(F)C1)CC2. The number of thioether (sulfide) groups is 1. The van der Waals surface area contributed by atoms with Crippen molar-refractivity contribution in [2.45, 2.75) is 106 Å². The Balaban J connectivity index is 1.13. The third-order valence-electron chi connectivity index (χ3n) is 10.4. The maximum absolute atomic E-state index is 13.6. The van der Waals surface area contributed by atoms with Gasteiger partial charge in [-0.25, -0.2) is 22.2 Å². The third-order valence-corrected chi connectivity index (χ3v) is 13.0. The molecule has 1 amide bonds. The minimum absolute atomic E-state index is 0.0308. The molecule has 1 aromatic rings. The van der Waals surface area contributed by atoms with Crippen LogP contribution in [-0.4, -0.2) is 101 Å². The van der Waals surface area contributed by atoms with E-state index in [4.69, 9.17) is 21.3 Å². The van der Waals surface area contributed by atoms with Gasteiger partial charge in [-0.1, -0.05) is 0 Å². The number of piperidine rings is 1. The van der Waals surface area contributed by atoms with E-state index in [1.165, 1.54) is 0 Å². The number of nitrogens with zero attached hydrogens (tertiary/aromatic N) is 3. The van der Waals surface area contributed by atoms with Crippen molar-refractivity contribution in [1.82, 2.24) is 24.5 Å². The molecule has 5 aliphatic rings. The number of alkyl halides is 3. The quantitative estimate of drug-likeness (QED) is 0.396. The minimum Gasteiger partial charge on any atom is -0.376 e. The molecule has 4 fully saturated rings. The largest absolute Gasteiger partial charge is 0.376 e. The number of likely N-dealkylation sites (tertiary alicyclic amines) is 1. The third kappa shape index (κ3) is 7.25. The summed E-state index contributed by atoms with van der Waals surface area (Å²) in [4.78, 5) is 33.0. The van der Waals surface area contributed by atoms with Gasteiger partial charge in [0.1, 0.15) is 5.82 Å². The van der Waals surface area contributed by atoms with Gasteiger partial charge in [0, 0.05) is 40.1 Å². The summed E-state index contributed by atoms with van der Waals surface area (Å²) in [6.07, 6.45) is 6.06. The molecule has 0 bridgehead atoms. The van der Waals surface area contributed by atoms with Crippen molar-refractivity contribution in [3.05, 3.63) is 27.4 Å². The Morgan fingerprint density at radius 3 is 2.69 bits per heavy atom. The average molecular weight is 692 g/mol. The van der Waals surface area contributed by atoms with Gasteiger partial charge in [0.15, 0.2) is 0 Å². The summed E-state index contributed by atoms with van der Waals surface area (Å²) < 4.78 is 60.9. The molecule has 0 aromatic carbocycles. The minimum atomic E-state index is -3.65. The maximum atomic E-state index is 13.6. The fourth-order valence-corrected chi connectivity index (χ4v) is 11.0. The monoisotopic (exact) mass is 691 g/mol. The van der Waals surface area contributed by atoms with E-state index in [1.807, 2.05) is 6.92 Å². The van der Waals surface area contributed by atoms with Crippen molar-refractivity contribution in [2.24, 2.45) is 17.8 Å². The fourth-order valence-electron chi connectivity index (χ4n) is 8.37. The number of hydrogen-bond donors (Lipinski definition) is 2. The van der Waals surface area contributed by atoms with Crippen LogP contribution in [0.15, 0.2) is 4.79 Å². The summed E-state index contributed by atoms with van der Waals surface area (Å²) in [6, 6.07) is -0.0582. The van der Waals surface area contributed by atoms with E-state index in [9.17, 15) is 26.8 Å². The lowest BCUT2D eigenvalue weighted by atomic mass is 9.70. The Bertz CT molecular complexity index is 1460. The summed E-state index contributed by atoms with van der Waals surface area (Å²) in [7, 11) is -3.65. The van der Waals surface area contributed by atoms with Crippen LogP contribution in [-0.2, 0) is 38.9 Å². The first kappa shape index (κ1) is 33.6. The summed E-state index contributed by atoms with van der Waals surface area (Å²) in [5.74, 6) is -1.97. The highest BCUT2D eigenvalue weighted by molar-refractivity contribution is 8.00. The van der Waals surface area contributed by atoms with E-state index < -0.39 is 27.8 Å². The van der Waals surface area contributed by atoms with Gasteiger partial charge in [0.05, 0.1) is 50.2 Å². The Morgan fingerprint density at radius 2 is 1.98 bits per heavy atom. The number of nitrogens with one attached hydrogen (secondary N) is 2. The Kier molecular flexibility index (Phi) is 9.66. The highest BCUT2D eigenvalue weighted by Gasteiger charge is 2.52. The zero-order valence-electron chi connectivity index (χ0n) is 26.0. The van der Waals surface area contributed by atoms with Crippen LogP contribution in [0, 0.1) is 24.7 Å². The number of aromatic nitrogens is 2. The van der Waals surface area contributed by atoms with Crippen LogP contribution in [0.4, 0.5) is 8.78 Å². The number of amides is 1. The number of rotatable bonds is 8. The molecule has 45 heavy (non-hydrogen) atoms. The molecule has 10 nitrogen and oxygen atoms in total. The molecule has 0 radical (unpaired) electrons. The van der Waals surface area contributed by atoms with E-state index in [-0.39, 0.29) is 65.3 Å². The lowest BCUT2D eigenvalue weighted by molar-refractivity contribution is -0.147. The van der Waals surface area contributed by atoms with Crippen LogP contribution in [0.2, 0.25) is 0 Å². The van der Waals surface area contributed by atoms with Crippen LogP contribution in [0.3, 0.4) is 0 Å². The first-order valence-corrected chi connectivity index (χ1v) is 19.4. The zero-order chi connectivity index (χ0) is 32.3. The predicted molar refractivity (Wildman–Crippen MR) is 170 cm³/mol. The van der Waals surface area contributed by atoms with E-state index in [0.29, 0.717) is 43.1 Å². The molecule has 0 spiro atoms. The van der Waals surface area contributed by atoms with E-state index in [1.54, 1.807) is 21.2 Å². The second-order valence-corrected chi connectivity index (χ2v) is 17.4. The number of ether oxygens (including phenoxy) is 1. The first-order chi connectivity index (χ1) is 21.2. The number of aryl methyl sites for hydroxylation is 2. The highest BCUT2D eigenvalue weighted by Crippen LogP contribution is 2.48. The molecule has 9 unspecified atom stereocenters. The smallest absolute Gasteiger partial charge is 0.272 e. The molecule has 9 atom stereocenters. The molecule has 4 heterocycles. The number of halogens is 3. The van der Waals surface area contributed by atoms with Crippen molar-refractivity contribution in [3.63, 3.8) is 0 Å². The lowest BCUT2D eigenvalue weighted by Crippen LogP contribution is -2.61. The second kappa shape index (κ2) is 12.9. The number of hydrogen-bond acceptors (Lipinski definition) is 9. The standard InChI is InChI=1S/C30H44ClF2N5O5S2/c1-16-10-21(27-26(34-16)23(13-44-27)28(39)36-45(3,41)42)20-11-18(31)4-7-25(20)43-9-8-38-17(2)35-24-6-5-19(12-22(24)29(38)40)37-14-30(32,33)15-37/h16,18-21,23,25-27,34H,4-15H2,1-3H3,(H,36,39). The Morgan fingerprint density at radius 1 is 1.22 bits per heavy atom. The van der Waals surface area contributed by atoms with Crippen molar-refractivity contribution < 1.29 is 26.7 Å². The normalized spacial score (nSPS) is 36.5. The van der Waals surface area contributed by atoms with Crippen LogP contribution >= 0.6 is 23.4 Å². The Hall–Kier alpha value is -1.32. The summed E-state index contributed by atoms with van der Waals surface area (Å²) in [6.45, 7) is 4.12. The van der Waals surface area contributed by atoms with Crippen LogP contribution in [0.5, 0.6) is 0 Å². The van der Waals surface area contributed by atoms with Gasteiger partial charge in [0.2, 0.25) is 15.9 Å². The molecule has 1 saturated carbocycles. The summed E-state index contributed by atoms with van der Waals surface area (Å²) in [5.41, 5.74) is 1.32. The van der Waals surface area contributed by atoms with Gasteiger partial charge < -0.3 is 10.1 Å². The number of fused-ring (bicyclic) bond motifs is 2. The van der Waals surface area contributed by atoms with Crippen molar-refractivity contribution in [2.75, 3.05) is 31.7 Å². The van der Waals surface area contributed by atoms with Crippen molar-refractivity contribution >= 4 is 39.3 Å². The molecule has 252 valence electrons. The van der Waals surface area contributed by atoms with Gasteiger partial charge in [-0.3, -0.25) is 23.8 Å². The average Bonchev–Trinajstić information content (AvgIpc) is 3.36. The van der Waals surface area contributed by atoms with Crippen LogP contribution < -0.4 is 15.6 Å². The molecule has 2 N–H and O–H groups in total. The molecule has 15 heteroatoms. The number of carbonyl (C=O) groups excluding carboxylic acids is 1. The highest BCUT2D eigenvalue weighted by atomic mass is 35.5. The molecule has 6 rings (SSSR count). The van der Waals surface area contributed by atoms with Crippen molar-refractivity contribution in [3.8, 4) is 0 Å². The number of carbonyl (C=O) groups is 1. The Labute approximate surface area is 272 Å². The molecule has 3 aliphatic heterocycles. The zero-order valence-corrected chi connectivity index (χ0v) is 28.4. The first-order valence-electron chi connectivity index (χ1n) is 16.0. The number of sulfonamides is 1. The van der Waals surface area contributed by atoms with Gasteiger partial charge in [-0.2, -0.15) is 11.8 Å². The van der Waals surface area contributed by atoms with Crippen LogP contribution in [0.1, 0.15) is 56.1 Å². The van der Waals surface area contributed by atoms with Gasteiger partial charge >= 0.3 is 0 Å². The van der Waals surface area contributed by atoms with E-state index in [0.717, 1.165) is 44.1 Å². The maximum Gasteiger partial charge on any atom is 0.272 e. The molecule has 1 aromatic heterocycles. The summed E-state index contributed by atoms with van der Waals surface area (Å²) in [5, 5.41) is 3.74. The molecular weight excluding hydrogens is 648 g/mol. The van der Waals surface area contributed by atoms with Gasteiger partial charge in [-0.15, -0.1) is 11.6 Å². The van der Waals surface area contributed by atoms with Crippen molar-refractivity contribution in [1.29, 1.82) is 0 Å². The van der Waals surface area contributed by atoms with Crippen LogP contribution in [0.25, 0.3) is 0 Å². The predicted octanol–water partition coefficient (Wildman–Crippen LogP) is 2.33. The fraction of sp³-hybridized carbons (Fsp3) is 0.833. The summed E-state index contributed by atoms with van der Waals surface area (Å²) >= 11 is 8.45. The van der Waals surface area contributed by atoms with Gasteiger partial charge in [0.25, 0.3) is 11.5 Å². The topological polar surface area (TPSA) is 123 Å².